The Labute approximate surface area is 281 Å². The molecule has 9 nitrogen and oxygen atoms in total. The molecular formula is C33H41BBrClN7O2. The first kappa shape index (κ1) is 33.5. The molecule has 2 aromatic heterocycles. The van der Waals surface area contributed by atoms with Crippen LogP contribution < -0.4 is 10.6 Å². The highest BCUT2D eigenvalue weighted by Crippen LogP contribution is 2.38. The van der Waals surface area contributed by atoms with Crippen LogP contribution in [0.15, 0.2) is 41.1 Å². The van der Waals surface area contributed by atoms with E-state index >= 15 is 0 Å². The third-order valence-corrected chi connectivity index (χ3v) is 9.98. The average molecular weight is 694 g/mol. The van der Waals surface area contributed by atoms with Gasteiger partial charge in [-0.1, -0.05) is 36.9 Å². The van der Waals surface area contributed by atoms with Crippen LogP contribution >= 0.6 is 27.5 Å². The number of imidazole rings is 1. The molecule has 1 aliphatic heterocycles. The molecule has 6 rings (SSSR count). The monoisotopic (exact) mass is 692 g/mol. The van der Waals surface area contributed by atoms with Crippen LogP contribution in [0.1, 0.15) is 72.0 Å². The van der Waals surface area contributed by atoms with E-state index in [9.17, 15) is 9.59 Å². The molecule has 3 radical (unpaired) electrons. The highest BCUT2D eigenvalue weighted by molar-refractivity contribution is 9.10. The van der Waals surface area contributed by atoms with Crippen molar-refractivity contribution in [2.24, 2.45) is 0 Å². The van der Waals surface area contributed by atoms with Crippen molar-refractivity contribution < 1.29 is 9.59 Å². The lowest BCUT2D eigenvalue weighted by atomic mass is 9.95. The molecule has 3 heterocycles. The van der Waals surface area contributed by atoms with Crippen molar-refractivity contribution in [1.82, 2.24) is 35.0 Å². The highest BCUT2D eigenvalue weighted by atomic mass is 79.9. The van der Waals surface area contributed by atoms with E-state index in [1.807, 2.05) is 36.9 Å². The summed E-state index contributed by atoms with van der Waals surface area (Å²) >= 11 is 10.1. The molecule has 3 aromatic rings. The van der Waals surface area contributed by atoms with Gasteiger partial charge in [-0.25, -0.2) is 9.78 Å². The van der Waals surface area contributed by atoms with Gasteiger partial charge >= 0.3 is 6.03 Å². The van der Waals surface area contributed by atoms with Crippen LogP contribution in [0.4, 0.5) is 4.79 Å². The molecule has 3 amide bonds. The van der Waals surface area contributed by atoms with E-state index in [1.54, 1.807) is 4.90 Å². The Kier molecular flexibility index (Phi) is 10.9. The lowest BCUT2D eigenvalue weighted by molar-refractivity contribution is -0.127. The minimum absolute atomic E-state index is 0. The van der Waals surface area contributed by atoms with Crippen LogP contribution in [0.3, 0.4) is 0 Å². The molecular weight excluding hydrogens is 653 g/mol. The summed E-state index contributed by atoms with van der Waals surface area (Å²) in [5.41, 5.74) is 5.49. The van der Waals surface area contributed by atoms with Gasteiger partial charge in [0.1, 0.15) is 11.9 Å². The number of amides is 3. The van der Waals surface area contributed by atoms with Crippen LogP contribution in [0.25, 0.3) is 0 Å². The van der Waals surface area contributed by atoms with Crippen molar-refractivity contribution >= 4 is 47.9 Å². The predicted molar refractivity (Wildman–Crippen MR) is 181 cm³/mol. The number of hydrogen-bond donors (Lipinski definition) is 2. The highest BCUT2D eigenvalue weighted by Gasteiger charge is 2.40. The SMILES string of the molecule is Cc1cn(CCNC(=O)[C@H]2CN(C3c4ccc(Cl)cc4CCc4cc(Br)cnc43)CCN2C(=O)NC2CCCCC2)c(C)n1.[B]. The molecule has 0 bridgehead atoms. The summed E-state index contributed by atoms with van der Waals surface area (Å²) < 4.78 is 2.99. The third-order valence-electron chi connectivity index (χ3n) is 9.31. The zero-order valence-corrected chi connectivity index (χ0v) is 28.4. The van der Waals surface area contributed by atoms with Crippen LogP contribution in [0, 0.1) is 13.8 Å². The van der Waals surface area contributed by atoms with Gasteiger partial charge < -0.3 is 20.1 Å². The largest absolute Gasteiger partial charge is 0.352 e. The zero-order chi connectivity index (χ0) is 30.8. The lowest BCUT2D eigenvalue weighted by Gasteiger charge is -2.44. The Morgan fingerprint density at radius 1 is 1.07 bits per heavy atom. The number of urea groups is 1. The van der Waals surface area contributed by atoms with Gasteiger partial charge in [-0.15, -0.1) is 0 Å². The van der Waals surface area contributed by atoms with Gasteiger partial charge in [-0.3, -0.25) is 14.7 Å². The fourth-order valence-corrected chi connectivity index (χ4v) is 7.68. The molecule has 2 aliphatic carbocycles. The summed E-state index contributed by atoms with van der Waals surface area (Å²) in [5.74, 6) is 0.774. The quantitative estimate of drug-likeness (QED) is 0.356. The summed E-state index contributed by atoms with van der Waals surface area (Å²) in [6, 6.07) is 7.48. The topological polar surface area (TPSA) is 95.4 Å². The Hall–Kier alpha value is -2.89. The van der Waals surface area contributed by atoms with Crippen molar-refractivity contribution in [2.75, 3.05) is 26.2 Å². The molecule has 12 heteroatoms. The van der Waals surface area contributed by atoms with Crippen molar-refractivity contribution in [3.8, 4) is 0 Å². The molecule has 1 unspecified atom stereocenters. The van der Waals surface area contributed by atoms with Gasteiger partial charge in [0, 0.05) is 69.1 Å². The van der Waals surface area contributed by atoms with Gasteiger partial charge in [0.15, 0.2) is 0 Å². The second-order valence-corrected chi connectivity index (χ2v) is 13.7. The minimum atomic E-state index is -0.643. The predicted octanol–water partition coefficient (Wildman–Crippen LogP) is 4.96. The summed E-state index contributed by atoms with van der Waals surface area (Å²) in [6.07, 6.45) is 11.0. The summed E-state index contributed by atoms with van der Waals surface area (Å²) in [5, 5.41) is 7.11. The number of pyridine rings is 1. The van der Waals surface area contributed by atoms with Gasteiger partial charge in [0.2, 0.25) is 5.91 Å². The smallest absolute Gasteiger partial charge is 0.318 e. The number of nitrogens with one attached hydrogen (secondary N) is 2. The number of aromatic nitrogens is 3. The van der Waals surface area contributed by atoms with Crippen LogP contribution in [-0.2, 0) is 24.2 Å². The standard InChI is InChI=1S/C33H41BrClN7O2.B/c1-21-19-40(22(2)38-21)13-12-36-32(43)29-20-41(14-15-42(29)33(44)39-27-6-4-3-5-7-27)31-28-11-10-26(35)17-23(28)8-9-24-16-25(34)18-37-30(24)31;/h10-11,16-19,27,29,31H,3-9,12-15,20H2,1-2H3,(H,36,43)(H,39,44);/t29-,31?;/m1./s1. The molecule has 2 fully saturated rings. The van der Waals surface area contributed by atoms with E-state index in [2.05, 4.69) is 54.6 Å². The second-order valence-electron chi connectivity index (χ2n) is 12.3. The maximum atomic E-state index is 13.9. The number of benzene rings is 1. The Morgan fingerprint density at radius 3 is 2.60 bits per heavy atom. The second kappa shape index (κ2) is 14.7. The number of aryl methyl sites for hydroxylation is 4. The zero-order valence-electron chi connectivity index (χ0n) is 26.1. The molecule has 3 aliphatic rings. The van der Waals surface area contributed by atoms with E-state index in [0.29, 0.717) is 37.7 Å². The number of fused-ring (bicyclic) bond motifs is 2. The van der Waals surface area contributed by atoms with Gasteiger partial charge in [0.25, 0.3) is 0 Å². The molecule has 1 saturated heterocycles. The fraction of sp³-hybridized carbons (Fsp3) is 0.515. The number of hydrogen-bond acceptors (Lipinski definition) is 5. The molecule has 2 atom stereocenters. The van der Waals surface area contributed by atoms with Gasteiger partial charge in [0.05, 0.1) is 17.4 Å². The van der Waals surface area contributed by atoms with E-state index < -0.39 is 6.04 Å². The first-order chi connectivity index (χ1) is 21.3. The van der Waals surface area contributed by atoms with Crippen molar-refractivity contribution in [3.05, 3.63) is 80.1 Å². The van der Waals surface area contributed by atoms with E-state index in [0.717, 1.165) is 65.8 Å². The number of rotatable bonds is 6. The van der Waals surface area contributed by atoms with Crippen LogP contribution in [0.2, 0.25) is 5.02 Å². The molecule has 237 valence electrons. The van der Waals surface area contributed by atoms with E-state index in [1.165, 1.54) is 17.5 Å². The first-order valence-electron chi connectivity index (χ1n) is 15.8. The third kappa shape index (κ3) is 7.58. The Balaban J connectivity index is 0.00000400. The van der Waals surface area contributed by atoms with Crippen LogP contribution in [0.5, 0.6) is 0 Å². The number of nitrogens with zero attached hydrogens (tertiary/aromatic N) is 5. The van der Waals surface area contributed by atoms with Gasteiger partial charge in [-0.05, 0) is 90.4 Å². The molecule has 45 heavy (non-hydrogen) atoms. The minimum Gasteiger partial charge on any atom is -0.352 e. The van der Waals surface area contributed by atoms with Crippen LogP contribution in [-0.4, -0.2) is 82.9 Å². The summed E-state index contributed by atoms with van der Waals surface area (Å²) in [4.78, 5) is 41.1. The maximum absolute atomic E-state index is 13.9. The van der Waals surface area contributed by atoms with E-state index in [-0.39, 0.29) is 32.4 Å². The Bertz CT molecular complexity index is 1480. The Morgan fingerprint density at radius 2 is 1.84 bits per heavy atom. The summed E-state index contributed by atoms with van der Waals surface area (Å²) in [7, 11) is 0. The summed E-state index contributed by atoms with van der Waals surface area (Å²) in [6.45, 7) is 6.47. The van der Waals surface area contributed by atoms with Gasteiger partial charge in [-0.2, -0.15) is 0 Å². The average Bonchev–Trinajstić information content (AvgIpc) is 3.24. The number of carbonyl (C=O) groups excluding carboxylic acids is 2. The molecule has 1 saturated carbocycles. The number of carbonyl (C=O) groups is 2. The van der Waals surface area contributed by atoms with Crippen molar-refractivity contribution in [2.45, 2.75) is 83.5 Å². The maximum Gasteiger partial charge on any atom is 0.318 e. The fourth-order valence-electron chi connectivity index (χ4n) is 7.10. The normalized spacial score (nSPS) is 20.4. The van der Waals surface area contributed by atoms with Crippen molar-refractivity contribution in [1.29, 1.82) is 0 Å². The van der Waals surface area contributed by atoms with E-state index in [4.69, 9.17) is 16.6 Å². The lowest BCUT2D eigenvalue weighted by Crippen LogP contribution is -2.63. The van der Waals surface area contributed by atoms with Crippen molar-refractivity contribution in [3.63, 3.8) is 0 Å². The number of piperazine rings is 1. The molecule has 0 spiro atoms. The molecule has 2 N–H and O–H groups in total. The number of halogens is 2. The first-order valence-corrected chi connectivity index (χ1v) is 17.0. The molecule has 1 aromatic carbocycles.